The van der Waals surface area contributed by atoms with Gasteiger partial charge in [-0.1, -0.05) is 0 Å². The van der Waals surface area contributed by atoms with Crippen molar-refractivity contribution in [1.29, 1.82) is 0 Å². The van der Waals surface area contributed by atoms with Crippen LogP contribution in [0.25, 0.3) is 0 Å². The van der Waals surface area contributed by atoms with Crippen molar-refractivity contribution in [2.24, 2.45) is 5.73 Å². The molecule has 0 atom stereocenters. The lowest BCUT2D eigenvalue weighted by Gasteiger charge is -2.24. The maximum Gasteiger partial charge on any atom is 0.266 e. The van der Waals surface area contributed by atoms with Crippen LogP contribution in [0.4, 0.5) is 5.95 Å². The molecule has 1 aromatic heterocycles. The quantitative estimate of drug-likeness (QED) is 0.838. The van der Waals surface area contributed by atoms with Gasteiger partial charge in [0.15, 0.2) is 0 Å². The van der Waals surface area contributed by atoms with Crippen molar-refractivity contribution in [3.63, 3.8) is 0 Å². The van der Waals surface area contributed by atoms with Crippen LogP contribution in [-0.2, 0) is 5.41 Å². The number of piperidine rings is 1. The first kappa shape index (κ1) is 11.4. The van der Waals surface area contributed by atoms with Gasteiger partial charge >= 0.3 is 0 Å². The summed E-state index contributed by atoms with van der Waals surface area (Å²) in [5.41, 5.74) is 5.45. The zero-order chi connectivity index (χ0) is 11.6. The highest BCUT2D eigenvalue weighted by Crippen LogP contribution is 2.23. The van der Waals surface area contributed by atoms with E-state index in [0.29, 0.717) is 12.4 Å². The minimum atomic E-state index is -0.235. The summed E-state index contributed by atoms with van der Waals surface area (Å²) < 4.78 is 5.29. The van der Waals surface area contributed by atoms with Crippen LogP contribution in [0, 0.1) is 0 Å². The van der Waals surface area contributed by atoms with Crippen LogP contribution < -0.4 is 10.6 Å². The van der Waals surface area contributed by atoms with Gasteiger partial charge in [-0.2, -0.15) is 4.98 Å². The van der Waals surface area contributed by atoms with Gasteiger partial charge in [0.05, 0.1) is 5.41 Å². The highest BCUT2D eigenvalue weighted by atomic mass is 16.5. The summed E-state index contributed by atoms with van der Waals surface area (Å²) in [6, 6.07) is 0. The first-order chi connectivity index (χ1) is 7.63. The Morgan fingerprint density at radius 1 is 1.31 bits per heavy atom. The Kier molecular flexibility index (Phi) is 3.14. The van der Waals surface area contributed by atoms with E-state index in [2.05, 4.69) is 15.0 Å². The molecule has 1 fully saturated rings. The smallest absolute Gasteiger partial charge is 0.266 e. The minimum absolute atomic E-state index is 0.235. The molecule has 0 aromatic carbocycles. The lowest BCUT2D eigenvalue weighted by molar-refractivity contribution is 0.311. The predicted molar refractivity (Wildman–Crippen MR) is 62.4 cm³/mol. The van der Waals surface area contributed by atoms with E-state index >= 15 is 0 Å². The van der Waals surface area contributed by atoms with Crippen molar-refractivity contribution in [3.8, 4) is 0 Å². The number of nitrogens with two attached hydrogens (primary N) is 1. The van der Waals surface area contributed by atoms with E-state index in [4.69, 9.17) is 10.3 Å². The summed E-state index contributed by atoms with van der Waals surface area (Å²) in [7, 11) is 0. The van der Waals surface area contributed by atoms with Gasteiger partial charge in [-0.05, 0) is 38.3 Å². The fraction of sp³-hybridized carbons (Fsp3) is 0.818. The van der Waals surface area contributed by atoms with Crippen molar-refractivity contribution in [2.45, 2.75) is 38.5 Å². The summed E-state index contributed by atoms with van der Waals surface area (Å²) in [6.45, 7) is 6.60. The Bertz CT molecular complexity index is 342. The number of hydrogen-bond donors (Lipinski definition) is 1. The Labute approximate surface area is 96.0 Å². The maximum atomic E-state index is 5.68. The SMILES string of the molecule is CC(C)(CN)c1nc(N2CCCCC2)no1. The molecule has 0 unspecified atom stereocenters. The van der Waals surface area contributed by atoms with E-state index in [9.17, 15) is 0 Å². The monoisotopic (exact) mass is 224 g/mol. The molecule has 2 N–H and O–H groups in total. The molecular formula is C11H20N4O. The van der Waals surface area contributed by atoms with Crippen molar-refractivity contribution in [1.82, 2.24) is 10.1 Å². The summed E-state index contributed by atoms with van der Waals surface area (Å²) in [6.07, 6.45) is 3.73. The van der Waals surface area contributed by atoms with Gasteiger partial charge in [0.1, 0.15) is 0 Å². The third-order valence-corrected chi connectivity index (χ3v) is 3.14. The average Bonchev–Trinajstić information content (AvgIpc) is 2.80. The van der Waals surface area contributed by atoms with Gasteiger partial charge in [-0.25, -0.2) is 0 Å². The molecular weight excluding hydrogens is 204 g/mol. The second-order valence-corrected chi connectivity index (χ2v) is 5.04. The fourth-order valence-electron chi connectivity index (χ4n) is 1.80. The predicted octanol–water partition coefficient (Wildman–Crippen LogP) is 1.30. The number of hydrogen-bond acceptors (Lipinski definition) is 5. The zero-order valence-electron chi connectivity index (χ0n) is 10.1. The number of rotatable bonds is 3. The molecule has 16 heavy (non-hydrogen) atoms. The van der Waals surface area contributed by atoms with Gasteiger partial charge in [-0.3, -0.25) is 0 Å². The molecule has 0 spiro atoms. The standard InChI is InChI=1S/C11H20N4O/c1-11(2,8-12)9-13-10(14-16-9)15-6-4-3-5-7-15/h3-8,12H2,1-2H3. The molecule has 1 saturated heterocycles. The normalized spacial score (nSPS) is 17.8. The highest BCUT2D eigenvalue weighted by Gasteiger charge is 2.27. The largest absolute Gasteiger partial charge is 0.338 e. The number of nitrogens with zero attached hydrogens (tertiary/aromatic N) is 3. The molecule has 0 radical (unpaired) electrons. The zero-order valence-corrected chi connectivity index (χ0v) is 10.1. The van der Waals surface area contributed by atoms with E-state index in [-0.39, 0.29) is 5.41 Å². The lowest BCUT2D eigenvalue weighted by atomic mass is 9.94. The van der Waals surface area contributed by atoms with Crippen LogP contribution in [0.1, 0.15) is 39.0 Å². The van der Waals surface area contributed by atoms with E-state index in [0.717, 1.165) is 19.0 Å². The molecule has 2 heterocycles. The van der Waals surface area contributed by atoms with E-state index < -0.39 is 0 Å². The molecule has 5 heteroatoms. The summed E-state index contributed by atoms with van der Waals surface area (Å²) in [5, 5.41) is 4.04. The van der Waals surface area contributed by atoms with Crippen LogP contribution in [0.5, 0.6) is 0 Å². The molecule has 90 valence electrons. The molecule has 2 rings (SSSR count). The number of aromatic nitrogens is 2. The van der Waals surface area contributed by atoms with Gasteiger partial charge in [0.2, 0.25) is 5.89 Å². The van der Waals surface area contributed by atoms with Gasteiger partial charge in [0, 0.05) is 19.6 Å². The summed E-state index contributed by atoms with van der Waals surface area (Å²) in [5.74, 6) is 1.35. The highest BCUT2D eigenvalue weighted by molar-refractivity contribution is 5.29. The molecule has 0 amide bonds. The van der Waals surface area contributed by atoms with Gasteiger partial charge < -0.3 is 15.2 Å². The van der Waals surface area contributed by atoms with Crippen LogP contribution in [0.3, 0.4) is 0 Å². The molecule has 5 nitrogen and oxygen atoms in total. The van der Waals surface area contributed by atoms with E-state index in [1.165, 1.54) is 19.3 Å². The Morgan fingerprint density at radius 3 is 2.62 bits per heavy atom. The Balaban J connectivity index is 2.12. The Hall–Kier alpha value is -1.10. The topological polar surface area (TPSA) is 68.2 Å². The molecule has 1 aromatic rings. The van der Waals surface area contributed by atoms with Gasteiger partial charge in [0.25, 0.3) is 5.95 Å². The van der Waals surface area contributed by atoms with Crippen molar-refractivity contribution in [3.05, 3.63) is 5.89 Å². The van der Waals surface area contributed by atoms with Crippen LogP contribution in [-0.4, -0.2) is 29.8 Å². The molecule has 0 saturated carbocycles. The summed E-state index contributed by atoms with van der Waals surface area (Å²) in [4.78, 5) is 6.63. The van der Waals surface area contributed by atoms with Gasteiger partial charge in [-0.15, -0.1) is 0 Å². The minimum Gasteiger partial charge on any atom is -0.338 e. The molecule has 0 bridgehead atoms. The van der Waals surface area contributed by atoms with Crippen LogP contribution >= 0.6 is 0 Å². The Morgan fingerprint density at radius 2 is 2.00 bits per heavy atom. The van der Waals surface area contributed by atoms with Crippen LogP contribution in [0.2, 0.25) is 0 Å². The second kappa shape index (κ2) is 4.41. The third-order valence-electron chi connectivity index (χ3n) is 3.14. The maximum absolute atomic E-state index is 5.68. The number of anilines is 1. The van der Waals surface area contributed by atoms with Crippen molar-refractivity contribution >= 4 is 5.95 Å². The first-order valence-electron chi connectivity index (χ1n) is 5.93. The average molecular weight is 224 g/mol. The van der Waals surface area contributed by atoms with Crippen LogP contribution in [0.15, 0.2) is 4.52 Å². The lowest BCUT2D eigenvalue weighted by Crippen LogP contribution is -2.31. The van der Waals surface area contributed by atoms with Crippen molar-refractivity contribution in [2.75, 3.05) is 24.5 Å². The molecule has 1 aliphatic rings. The first-order valence-corrected chi connectivity index (χ1v) is 5.93. The van der Waals surface area contributed by atoms with E-state index in [1.54, 1.807) is 0 Å². The fourth-order valence-corrected chi connectivity index (χ4v) is 1.80. The molecule has 1 aliphatic heterocycles. The third kappa shape index (κ3) is 2.19. The van der Waals surface area contributed by atoms with Crippen molar-refractivity contribution < 1.29 is 4.52 Å². The van der Waals surface area contributed by atoms with E-state index in [1.807, 2.05) is 13.8 Å². The molecule has 0 aliphatic carbocycles. The summed E-state index contributed by atoms with van der Waals surface area (Å²) >= 11 is 0. The second-order valence-electron chi connectivity index (χ2n) is 5.04.